The number of aryl methyl sites for hydroxylation is 2. The van der Waals surface area contributed by atoms with Crippen LogP contribution >= 0.6 is 0 Å². The summed E-state index contributed by atoms with van der Waals surface area (Å²) in [4.78, 5) is 11.8. The van der Waals surface area contributed by atoms with Gasteiger partial charge < -0.3 is 9.84 Å². The molecule has 0 saturated carbocycles. The number of aliphatic hydroxyl groups is 1. The summed E-state index contributed by atoms with van der Waals surface area (Å²) >= 11 is 0. The smallest absolute Gasteiger partial charge is 0.333 e. The first-order valence-corrected chi connectivity index (χ1v) is 12.9. The molecule has 1 N–H and O–H groups in total. The molecule has 0 heterocycles. The van der Waals surface area contributed by atoms with Gasteiger partial charge in [-0.1, -0.05) is 80.9 Å². The van der Waals surface area contributed by atoms with Crippen LogP contribution < -0.4 is 0 Å². The van der Waals surface area contributed by atoms with E-state index in [1.165, 1.54) is 18.4 Å². The molecule has 0 aliphatic rings. The lowest BCUT2D eigenvalue weighted by Crippen LogP contribution is -2.08. The van der Waals surface area contributed by atoms with Gasteiger partial charge in [-0.2, -0.15) is 0 Å². The second-order valence-corrected chi connectivity index (χ2v) is 9.33. The second-order valence-electron chi connectivity index (χ2n) is 9.33. The number of halogens is 1. The van der Waals surface area contributed by atoms with E-state index < -0.39 is 0 Å². The van der Waals surface area contributed by atoms with Gasteiger partial charge in [-0.25, -0.2) is 9.18 Å². The first kappa shape index (κ1) is 27.3. The van der Waals surface area contributed by atoms with Crippen molar-refractivity contribution in [2.45, 2.75) is 58.8 Å². The monoisotopic (exact) mass is 488 g/mol. The van der Waals surface area contributed by atoms with Crippen LogP contribution in [0.3, 0.4) is 0 Å². The number of hydrogen-bond acceptors (Lipinski definition) is 3. The van der Waals surface area contributed by atoms with E-state index in [0.29, 0.717) is 37.0 Å². The lowest BCUT2D eigenvalue weighted by atomic mass is 9.93. The second kappa shape index (κ2) is 13.7. The Balaban J connectivity index is 1.82. The first-order chi connectivity index (χ1) is 17.4. The van der Waals surface area contributed by atoms with Crippen molar-refractivity contribution in [3.63, 3.8) is 0 Å². The molecule has 0 spiro atoms. The number of unbranched alkanes of at least 4 members (excludes halogenated alkanes) is 2. The predicted molar refractivity (Wildman–Crippen MR) is 145 cm³/mol. The average Bonchev–Trinajstić information content (AvgIpc) is 2.88. The molecule has 3 nitrogen and oxygen atoms in total. The molecule has 3 aromatic carbocycles. The van der Waals surface area contributed by atoms with Crippen LogP contribution in [-0.4, -0.2) is 24.3 Å². The van der Waals surface area contributed by atoms with Gasteiger partial charge in [0.05, 0.1) is 6.61 Å². The molecular formula is C32H37FO3. The number of aliphatic hydroxyl groups excluding tert-OH is 1. The third-order valence-corrected chi connectivity index (χ3v) is 6.38. The number of esters is 1. The number of ether oxygens (including phenoxy) is 1. The van der Waals surface area contributed by atoms with Gasteiger partial charge in [0.25, 0.3) is 0 Å². The third-order valence-electron chi connectivity index (χ3n) is 6.38. The highest BCUT2D eigenvalue weighted by Crippen LogP contribution is 2.30. The zero-order chi connectivity index (χ0) is 25.9. The van der Waals surface area contributed by atoms with Crippen LogP contribution in [0.1, 0.15) is 56.2 Å². The zero-order valence-electron chi connectivity index (χ0n) is 21.5. The van der Waals surface area contributed by atoms with E-state index in [4.69, 9.17) is 9.84 Å². The molecule has 0 saturated heterocycles. The quantitative estimate of drug-likeness (QED) is 0.154. The summed E-state index contributed by atoms with van der Waals surface area (Å²) in [7, 11) is 0. The number of carbonyl (C=O) groups is 1. The Bertz CT molecular complexity index is 1160. The van der Waals surface area contributed by atoms with Crippen LogP contribution in [0.15, 0.2) is 72.8 Å². The molecule has 3 rings (SSSR count). The molecule has 0 amide bonds. The van der Waals surface area contributed by atoms with Crippen molar-refractivity contribution in [1.29, 1.82) is 0 Å². The molecule has 0 unspecified atom stereocenters. The van der Waals surface area contributed by atoms with E-state index in [1.807, 2.05) is 18.2 Å². The van der Waals surface area contributed by atoms with Crippen LogP contribution in [0.25, 0.3) is 22.3 Å². The van der Waals surface area contributed by atoms with Crippen LogP contribution in [0.2, 0.25) is 0 Å². The summed E-state index contributed by atoms with van der Waals surface area (Å²) in [5.41, 5.74) is 7.41. The Hall–Kier alpha value is -3.24. The minimum absolute atomic E-state index is 0.0562. The van der Waals surface area contributed by atoms with Crippen molar-refractivity contribution >= 4 is 5.97 Å². The fourth-order valence-electron chi connectivity index (χ4n) is 4.29. The van der Waals surface area contributed by atoms with Crippen LogP contribution in [0.4, 0.5) is 4.39 Å². The zero-order valence-corrected chi connectivity index (χ0v) is 21.5. The number of hydrogen-bond donors (Lipinski definition) is 1. The van der Waals surface area contributed by atoms with Gasteiger partial charge in [0.1, 0.15) is 5.82 Å². The lowest BCUT2D eigenvalue weighted by molar-refractivity contribution is -0.138. The van der Waals surface area contributed by atoms with Crippen LogP contribution in [0, 0.1) is 5.82 Å². The minimum atomic E-state index is -0.366. The maximum atomic E-state index is 14.5. The van der Waals surface area contributed by atoms with E-state index in [1.54, 1.807) is 19.1 Å². The van der Waals surface area contributed by atoms with Crippen molar-refractivity contribution in [3.8, 4) is 22.3 Å². The van der Waals surface area contributed by atoms with E-state index >= 15 is 0 Å². The van der Waals surface area contributed by atoms with Crippen molar-refractivity contribution < 1.29 is 19.0 Å². The SMILES string of the molecule is C=C(C)C(=O)OCCc1cc(CCCCC)ccc1-c1ccc(-c2ccc(CCCO)c(F)c2)cc1. The van der Waals surface area contributed by atoms with Crippen LogP contribution in [0.5, 0.6) is 0 Å². The summed E-state index contributed by atoms with van der Waals surface area (Å²) in [6, 6.07) is 20.0. The molecular weight excluding hydrogens is 451 g/mol. The molecule has 36 heavy (non-hydrogen) atoms. The summed E-state index contributed by atoms with van der Waals surface area (Å²) in [6.45, 7) is 7.86. The molecule has 0 fully saturated rings. The largest absolute Gasteiger partial charge is 0.462 e. The molecule has 0 aliphatic carbocycles. The lowest BCUT2D eigenvalue weighted by Gasteiger charge is -2.14. The maximum Gasteiger partial charge on any atom is 0.333 e. The Kier molecular flexibility index (Phi) is 10.4. The normalized spacial score (nSPS) is 10.9. The van der Waals surface area contributed by atoms with Gasteiger partial charge in [0, 0.05) is 18.6 Å². The maximum absolute atomic E-state index is 14.5. The van der Waals surface area contributed by atoms with Crippen LogP contribution in [-0.2, 0) is 28.8 Å². The molecule has 3 aromatic rings. The topological polar surface area (TPSA) is 46.5 Å². The molecule has 190 valence electrons. The fraction of sp³-hybridized carbons (Fsp3) is 0.344. The van der Waals surface area contributed by atoms with Gasteiger partial charge in [-0.05, 0) is 77.6 Å². The third kappa shape index (κ3) is 7.63. The number of benzene rings is 3. The van der Waals surface area contributed by atoms with Crippen molar-refractivity contribution in [2.75, 3.05) is 13.2 Å². The van der Waals surface area contributed by atoms with Gasteiger partial charge in [0.15, 0.2) is 0 Å². The highest BCUT2D eigenvalue weighted by atomic mass is 19.1. The van der Waals surface area contributed by atoms with Gasteiger partial charge in [-0.15, -0.1) is 0 Å². The molecule has 0 bridgehead atoms. The highest BCUT2D eigenvalue weighted by Gasteiger charge is 2.11. The van der Waals surface area contributed by atoms with Gasteiger partial charge >= 0.3 is 5.97 Å². The van der Waals surface area contributed by atoms with E-state index in [9.17, 15) is 9.18 Å². The number of carbonyl (C=O) groups excluding carboxylic acids is 1. The summed E-state index contributed by atoms with van der Waals surface area (Å²) in [5.74, 6) is -0.607. The summed E-state index contributed by atoms with van der Waals surface area (Å²) in [5, 5.41) is 9.00. The predicted octanol–water partition coefficient (Wildman–Crippen LogP) is 7.48. The van der Waals surface area contributed by atoms with Gasteiger partial charge in [0.2, 0.25) is 0 Å². The minimum Gasteiger partial charge on any atom is -0.462 e. The Labute approximate surface area is 214 Å². The summed E-state index contributed by atoms with van der Waals surface area (Å²) < 4.78 is 19.9. The summed E-state index contributed by atoms with van der Waals surface area (Å²) in [6.07, 6.45) is 6.28. The van der Waals surface area contributed by atoms with E-state index in [0.717, 1.165) is 40.7 Å². The fourth-order valence-corrected chi connectivity index (χ4v) is 4.29. The average molecular weight is 489 g/mol. The van der Waals surface area contributed by atoms with E-state index in [2.05, 4.69) is 43.8 Å². The molecule has 0 radical (unpaired) electrons. The first-order valence-electron chi connectivity index (χ1n) is 12.9. The molecule has 4 heteroatoms. The highest BCUT2D eigenvalue weighted by molar-refractivity contribution is 5.86. The standard InChI is InChI=1S/C32H37FO3/c1-4-5-6-8-24-10-17-30(29(21-24)18-20-36-32(35)23(2)3)26-13-11-25(12-14-26)28-16-15-27(9-7-19-34)31(33)22-28/h10-17,21-22,34H,2,4-9,18-20H2,1,3H3. The molecule has 0 atom stereocenters. The Morgan fingerprint density at radius 3 is 2.25 bits per heavy atom. The Morgan fingerprint density at radius 2 is 1.58 bits per heavy atom. The number of rotatable bonds is 13. The van der Waals surface area contributed by atoms with Gasteiger partial charge in [-0.3, -0.25) is 0 Å². The van der Waals surface area contributed by atoms with E-state index in [-0.39, 0.29) is 18.4 Å². The van der Waals surface area contributed by atoms with Crippen molar-refractivity contribution in [3.05, 3.63) is 95.3 Å². The molecule has 0 aromatic heterocycles. The van der Waals surface area contributed by atoms with Crippen molar-refractivity contribution in [2.24, 2.45) is 0 Å². The van der Waals surface area contributed by atoms with Crippen molar-refractivity contribution in [1.82, 2.24) is 0 Å². The Morgan fingerprint density at radius 1 is 0.861 bits per heavy atom. The molecule has 0 aliphatic heterocycles.